The molecule has 0 bridgehead atoms. The average Bonchev–Trinajstić information content (AvgIpc) is 2.68. The van der Waals surface area contributed by atoms with Crippen LogP contribution in [0.25, 0.3) is 0 Å². The molecule has 1 atom stereocenters. The minimum absolute atomic E-state index is 0.146. The van der Waals surface area contributed by atoms with Crippen molar-refractivity contribution >= 4 is 17.6 Å². The number of benzene rings is 2. The van der Waals surface area contributed by atoms with E-state index in [4.69, 9.17) is 4.74 Å². The molecule has 0 heterocycles. The molecular formula is C20H26N3O4+. The number of nitrogens with two attached hydrogens (primary N) is 2. The summed E-state index contributed by atoms with van der Waals surface area (Å²) in [5, 5.41) is 17.7. The van der Waals surface area contributed by atoms with Gasteiger partial charge in [-0.2, -0.15) is 0 Å². The Morgan fingerprint density at radius 1 is 1.07 bits per heavy atom. The molecule has 2 aromatic carbocycles. The van der Waals surface area contributed by atoms with Crippen molar-refractivity contribution in [2.45, 2.75) is 19.0 Å². The Bertz CT molecular complexity index is 720. The van der Waals surface area contributed by atoms with Gasteiger partial charge in [-0.25, -0.2) is 0 Å². The number of anilines is 1. The van der Waals surface area contributed by atoms with E-state index in [2.05, 4.69) is 10.6 Å². The number of carbonyl (C=O) groups is 2. The van der Waals surface area contributed by atoms with Crippen LogP contribution in [0.3, 0.4) is 0 Å². The van der Waals surface area contributed by atoms with Gasteiger partial charge in [0.2, 0.25) is 5.91 Å². The number of carbonyl (C=O) groups excluding carboxylic acids is 2. The third kappa shape index (κ3) is 7.47. The summed E-state index contributed by atoms with van der Waals surface area (Å²) in [6.07, 6.45) is -0.146. The van der Waals surface area contributed by atoms with Crippen molar-refractivity contribution < 1.29 is 30.1 Å². The summed E-state index contributed by atoms with van der Waals surface area (Å²) in [7, 11) is 1.56. The summed E-state index contributed by atoms with van der Waals surface area (Å²) in [6, 6.07) is 16.0. The number of hydrogen-bond donors (Lipinski definition) is 3. The van der Waals surface area contributed by atoms with Gasteiger partial charge in [0, 0.05) is 11.3 Å². The van der Waals surface area contributed by atoms with Crippen LogP contribution in [-0.4, -0.2) is 38.1 Å². The summed E-state index contributed by atoms with van der Waals surface area (Å²) in [5.41, 5.74) is 1.81. The van der Waals surface area contributed by atoms with E-state index in [1.807, 2.05) is 30.3 Å². The fraction of sp³-hybridized carbons (Fsp3) is 0.300. The molecule has 1 amide bonds. The molecule has 7 nitrogen and oxygen atoms in total. The van der Waals surface area contributed by atoms with Crippen LogP contribution in [0.15, 0.2) is 54.6 Å². The second-order valence-corrected chi connectivity index (χ2v) is 6.20. The lowest BCUT2D eigenvalue weighted by Gasteiger charge is -2.16. The highest BCUT2D eigenvalue weighted by molar-refractivity contribution is 5.93. The molecule has 5 N–H and O–H groups in total. The summed E-state index contributed by atoms with van der Waals surface area (Å²) in [5.74, 6) is -0.914. The first-order valence-corrected chi connectivity index (χ1v) is 8.92. The van der Waals surface area contributed by atoms with Gasteiger partial charge < -0.3 is 30.6 Å². The molecule has 0 aromatic heterocycles. The van der Waals surface area contributed by atoms with Gasteiger partial charge in [-0.05, 0) is 24.3 Å². The van der Waals surface area contributed by atoms with E-state index >= 15 is 0 Å². The molecule has 144 valence electrons. The number of quaternary nitrogens is 2. The summed E-state index contributed by atoms with van der Waals surface area (Å²) >= 11 is 0. The third-order valence-electron chi connectivity index (χ3n) is 4.13. The van der Waals surface area contributed by atoms with E-state index in [1.165, 1.54) is 5.56 Å². The SMILES string of the molecule is COc1ccc(NC(=O)C[C@H]([NH2+]CC[NH2+]Cc2ccccc2)C(=O)[O-])cc1. The number of ether oxygens (including phenoxy) is 1. The maximum absolute atomic E-state index is 12.1. The molecule has 2 aromatic rings. The van der Waals surface area contributed by atoms with Crippen molar-refractivity contribution in [1.82, 2.24) is 0 Å². The van der Waals surface area contributed by atoms with Crippen LogP contribution in [0, 0.1) is 0 Å². The van der Waals surface area contributed by atoms with Crippen LogP contribution in [0.1, 0.15) is 12.0 Å². The predicted octanol–water partition coefficient (Wildman–Crippen LogP) is -1.53. The zero-order valence-electron chi connectivity index (χ0n) is 15.4. The Morgan fingerprint density at radius 2 is 1.78 bits per heavy atom. The smallest absolute Gasteiger partial charge is 0.230 e. The molecule has 0 aliphatic carbocycles. The number of nitrogens with one attached hydrogen (secondary N) is 1. The molecule has 7 heteroatoms. The molecule has 0 saturated heterocycles. The maximum Gasteiger partial charge on any atom is 0.230 e. The van der Waals surface area contributed by atoms with E-state index in [1.54, 1.807) is 36.7 Å². The van der Waals surface area contributed by atoms with E-state index in [9.17, 15) is 14.7 Å². The Morgan fingerprint density at radius 3 is 2.41 bits per heavy atom. The summed E-state index contributed by atoms with van der Waals surface area (Å²) < 4.78 is 5.06. The molecule has 27 heavy (non-hydrogen) atoms. The normalized spacial score (nSPS) is 11.6. The Labute approximate surface area is 158 Å². The molecule has 0 saturated carbocycles. The Kier molecular flexibility index (Phi) is 8.28. The van der Waals surface area contributed by atoms with Gasteiger partial charge in [0.25, 0.3) is 0 Å². The number of rotatable bonds is 11. The van der Waals surface area contributed by atoms with Crippen LogP contribution < -0.4 is 25.8 Å². The number of hydrogen-bond acceptors (Lipinski definition) is 4. The van der Waals surface area contributed by atoms with Gasteiger partial charge >= 0.3 is 0 Å². The van der Waals surface area contributed by atoms with Gasteiger partial charge in [0.05, 0.1) is 19.5 Å². The van der Waals surface area contributed by atoms with Crippen molar-refractivity contribution in [2.75, 3.05) is 25.5 Å². The summed E-state index contributed by atoms with van der Waals surface area (Å²) in [6.45, 7) is 2.17. The zero-order chi connectivity index (χ0) is 19.5. The average molecular weight is 372 g/mol. The topological polar surface area (TPSA) is 112 Å². The van der Waals surface area contributed by atoms with E-state index < -0.39 is 12.0 Å². The largest absolute Gasteiger partial charge is 0.544 e. The van der Waals surface area contributed by atoms with Crippen LogP contribution in [0.2, 0.25) is 0 Å². The highest BCUT2D eigenvalue weighted by Gasteiger charge is 2.18. The van der Waals surface area contributed by atoms with Crippen molar-refractivity contribution in [3.05, 3.63) is 60.2 Å². The molecule has 0 spiro atoms. The van der Waals surface area contributed by atoms with Gasteiger partial charge in [-0.3, -0.25) is 4.79 Å². The lowest BCUT2D eigenvalue weighted by Crippen LogP contribution is -2.99. The van der Waals surface area contributed by atoms with E-state index in [0.717, 1.165) is 13.1 Å². The number of amides is 1. The Hall–Kier alpha value is -2.90. The van der Waals surface area contributed by atoms with Gasteiger partial charge in [-0.1, -0.05) is 30.3 Å². The van der Waals surface area contributed by atoms with Gasteiger partial charge in [0.1, 0.15) is 31.4 Å². The highest BCUT2D eigenvalue weighted by Crippen LogP contribution is 2.15. The van der Waals surface area contributed by atoms with Crippen molar-refractivity contribution in [1.29, 1.82) is 0 Å². The standard InChI is InChI=1S/C20H25N3O4/c1-27-17-9-7-16(8-10-17)23-19(24)13-18(20(25)26)22-12-11-21-14-15-5-3-2-4-6-15/h2-10,18,21-22H,11-14H2,1H3,(H,23,24)(H,25,26)/p+1/t18-/m0/s1. The van der Waals surface area contributed by atoms with Gasteiger partial charge in [-0.15, -0.1) is 0 Å². The van der Waals surface area contributed by atoms with Crippen molar-refractivity contribution in [3.8, 4) is 5.75 Å². The lowest BCUT2D eigenvalue weighted by molar-refractivity contribution is -0.742. The van der Waals surface area contributed by atoms with Crippen molar-refractivity contribution in [3.63, 3.8) is 0 Å². The fourth-order valence-electron chi connectivity index (χ4n) is 2.65. The minimum Gasteiger partial charge on any atom is -0.544 e. The van der Waals surface area contributed by atoms with Crippen molar-refractivity contribution in [2.24, 2.45) is 0 Å². The van der Waals surface area contributed by atoms with E-state index in [-0.39, 0.29) is 12.3 Å². The molecule has 0 fully saturated rings. The fourth-order valence-corrected chi connectivity index (χ4v) is 2.65. The predicted molar refractivity (Wildman–Crippen MR) is 98.8 cm³/mol. The molecule has 2 rings (SSSR count). The molecule has 0 aliphatic heterocycles. The second-order valence-electron chi connectivity index (χ2n) is 6.20. The molecular weight excluding hydrogens is 346 g/mol. The number of methoxy groups -OCH3 is 1. The molecule has 0 aliphatic rings. The number of carboxylic acid groups (broad SMARTS) is 1. The second kappa shape index (κ2) is 10.9. The first-order valence-electron chi connectivity index (χ1n) is 8.92. The minimum atomic E-state index is -1.23. The van der Waals surface area contributed by atoms with E-state index in [0.29, 0.717) is 18.0 Å². The number of aliphatic carboxylic acids is 1. The van der Waals surface area contributed by atoms with Crippen LogP contribution in [0.4, 0.5) is 5.69 Å². The highest BCUT2D eigenvalue weighted by atomic mass is 16.5. The lowest BCUT2D eigenvalue weighted by atomic mass is 10.2. The third-order valence-corrected chi connectivity index (χ3v) is 4.13. The summed E-state index contributed by atoms with van der Waals surface area (Å²) in [4.78, 5) is 23.4. The first kappa shape index (κ1) is 20.4. The first-order chi connectivity index (χ1) is 13.1. The molecule has 0 radical (unpaired) electrons. The zero-order valence-corrected chi connectivity index (χ0v) is 15.4. The van der Waals surface area contributed by atoms with Crippen LogP contribution >= 0.6 is 0 Å². The number of carboxylic acids is 1. The van der Waals surface area contributed by atoms with Crippen LogP contribution in [-0.2, 0) is 16.1 Å². The molecule has 0 unspecified atom stereocenters. The maximum atomic E-state index is 12.1. The Balaban J connectivity index is 1.72. The quantitative estimate of drug-likeness (QED) is 0.416. The monoisotopic (exact) mass is 372 g/mol. The van der Waals surface area contributed by atoms with Gasteiger partial charge in [0.15, 0.2) is 0 Å². The van der Waals surface area contributed by atoms with Crippen LogP contribution in [0.5, 0.6) is 5.75 Å².